The molecule has 0 fully saturated rings. The maximum absolute atomic E-state index is 11.0. The fourth-order valence-electron chi connectivity index (χ4n) is 0.464. The van der Waals surface area contributed by atoms with Gasteiger partial charge in [0.2, 0.25) is 0 Å². The Hall–Kier alpha value is -0.670. The molecule has 0 bridgehead atoms. The summed E-state index contributed by atoms with van der Waals surface area (Å²) < 4.78 is 40.7. The summed E-state index contributed by atoms with van der Waals surface area (Å²) in [5.74, 6) is 0. The monoisotopic (exact) mass is 159 g/mol. The normalized spacial score (nSPS) is 18.6. The third-order valence-corrected chi connectivity index (χ3v) is 1.53. The Balaban J connectivity index is 3.68. The zero-order valence-electron chi connectivity index (χ0n) is 9.39. The van der Waals surface area contributed by atoms with E-state index in [9.17, 15) is 4.21 Å². The lowest BCUT2D eigenvalue weighted by molar-refractivity contribution is 0.684. The van der Waals surface area contributed by atoms with Crippen LogP contribution in [0.1, 0.15) is 11.0 Å². The van der Waals surface area contributed by atoms with E-state index in [1.165, 1.54) is 6.92 Å². The summed E-state index contributed by atoms with van der Waals surface area (Å²) in [6.45, 7) is 1.48. The molecule has 0 saturated carbocycles. The van der Waals surface area contributed by atoms with Crippen molar-refractivity contribution in [2.75, 3.05) is 0 Å². The lowest BCUT2D eigenvalue weighted by Gasteiger charge is -1.94. The van der Waals surface area contributed by atoms with Crippen molar-refractivity contribution in [3.8, 4) is 0 Å². The summed E-state index contributed by atoms with van der Waals surface area (Å²) in [6, 6.07) is -1.05. The Morgan fingerprint density at radius 2 is 2.00 bits per heavy atom. The van der Waals surface area contributed by atoms with Crippen LogP contribution in [0.15, 0.2) is 29.1 Å². The van der Waals surface area contributed by atoms with Crippen LogP contribution < -0.4 is 5.14 Å². The maximum Gasteiger partial charge on any atom is 0.122 e. The van der Waals surface area contributed by atoms with Crippen LogP contribution in [0.3, 0.4) is 0 Å². The van der Waals surface area contributed by atoms with Gasteiger partial charge in [0, 0.05) is 0 Å². The third-order valence-electron chi connectivity index (χ3n) is 0.928. The largest absolute Gasteiger partial charge is 0.248 e. The number of hydrogen-bond acceptors (Lipinski definition) is 1. The van der Waals surface area contributed by atoms with Gasteiger partial charge in [-0.2, -0.15) is 0 Å². The first-order valence-corrected chi connectivity index (χ1v) is 3.82. The first-order chi connectivity index (χ1) is 6.37. The minimum atomic E-state index is -2.00. The van der Waals surface area contributed by atoms with Gasteiger partial charge in [-0.3, -0.25) is 0 Å². The predicted molar refractivity (Wildman–Crippen MR) is 41.8 cm³/mol. The van der Waals surface area contributed by atoms with Crippen LogP contribution in [0.2, 0.25) is 0 Å². The average molecular weight is 159 g/mol. The molecule has 0 amide bonds. The maximum atomic E-state index is 11.0. The van der Waals surface area contributed by atoms with Gasteiger partial charge in [-0.25, -0.2) is 9.35 Å². The molecule has 0 aliphatic heterocycles. The molecule has 0 aliphatic carbocycles. The van der Waals surface area contributed by atoms with Gasteiger partial charge in [0.25, 0.3) is 0 Å². The smallest absolute Gasteiger partial charge is 0.122 e. The summed E-state index contributed by atoms with van der Waals surface area (Å²) in [5, 5.41) is 5.07. The van der Waals surface area contributed by atoms with Gasteiger partial charge in [0.15, 0.2) is 0 Å². The summed E-state index contributed by atoms with van der Waals surface area (Å²) in [4.78, 5) is -0.245. The molecule has 2 N–H and O–H groups in total. The van der Waals surface area contributed by atoms with Crippen LogP contribution in [-0.4, -0.2) is 4.21 Å². The first-order valence-electron chi connectivity index (χ1n) is 4.61. The summed E-state index contributed by atoms with van der Waals surface area (Å²) in [6.07, 6.45) is 0. The molecule has 1 rings (SSSR count). The molecule has 1 atom stereocenters. The molecule has 1 aromatic rings. The van der Waals surface area contributed by atoms with Crippen LogP contribution in [0.5, 0.6) is 0 Å². The lowest BCUT2D eigenvalue weighted by atomic mass is 10.2. The van der Waals surface area contributed by atoms with Gasteiger partial charge in [0.05, 0.1) is 10.4 Å². The highest BCUT2D eigenvalue weighted by Crippen LogP contribution is 2.04. The van der Waals surface area contributed by atoms with E-state index in [0.29, 0.717) is 0 Å². The molecule has 3 heteroatoms. The second-order valence-corrected chi connectivity index (χ2v) is 2.75. The summed E-state index contributed by atoms with van der Waals surface area (Å²) >= 11 is 0. The van der Waals surface area contributed by atoms with Gasteiger partial charge < -0.3 is 0 Å². The molecule has 0 heterocycles. The quantitative estimate of drug-likeness (QED) is 0.652. The number of hydrogen-bond donors (Lipinski definition) is 1. The molecule has 0 unspecified atom stereocenters. The van der Waals surface area contributed by atoms with E-state index in [-0.39, 0.29) is 34.6 Å². The zero-order chi connectivity index (χ0) is 11.0. The standard InChI is InChI=1S/C7H9NOS/c1-6-2-4-7(5-3-6)10(8)9/h2-5H,8H2,1H3/t10-/m1/s1/i2D,3D,4D,5D. The van der Waals surface area contributed by atoms with Crippen molar-refractivity contribution in [2.24, 2.45) is 5.14 Å². The van der Waals surface area contributed by atoms with Gasteiger partial charge >= 0.3 is 0 Å². The zero-order valence-corrected chi connectivity index (χ0v) is 6.21. The molecule has 2 nitrogen and oxygen atoms in total. The molecule has 0 saturated heterocycles. The fraction of sp³-hybridized carbons (Fsp3) is 0.143. The Morgan fingerprint density at radius 3 is 2.40 bits per heavy atom. The van der Waals surface area contributed by atoms with Crippen molar-refractivity contribution in [3.05, 3.63) is 29.7 Å². The Bertz CT molecular complexity index is 392. The molecule has 0 radical (unpaired) electrons. The van der Waals surface area contributed by atoms with Gasteiger partial charge in [-0.1, -0.05) is 17.6 Å². The van der Waals surface area contributed by atoms with E-state index in [1.54, 1.807) is 0 Å². The summed E-state index contributed by atoms with van der Waals surface area (Å²) in [7, 11) is -2.00. The van der Waals surface area contributed by atoms with Crippen molar-refractivity contribution in [3.63, 3.8) is 0 Å². The average Bonchev–Trinajstić information content (AvgIpc) is 2.11. The Kier molecular flexibility index (Phi) is 1.07. The minimum absolute atomic E-state index is 0.195. The van der Waals surface area contributed by atoms with Crippen molar-refractivity contribution >= 4 is 11.0 Å². The molecular weight excluding hydrogens is 146 g/mol. The van der Waals surface area contributed by atoms with E-state index in [2.05, 4.69) is 0 Å². The second-order valence-electron chi connectivity index (χ2n) is 1.75. The van der Waals surface area contributed by atoms with Crippen molar-refractivity contribution < 1.29 is 9.69 Å². The van der Waals surface area contributed by atoms with Crippen LogP contribution in [0.25, 0.3) is 0 Å². The fourth-order valence-corrected chi connectivity index (χ4v) is 0.767. The highest BCUT2D eigenvalue weighted by molar-refractivity contribution is 7.82. The van der Waals surface area contributed by atoms with E-state index in [1.807, 2.05) is 0 Å². The third kappa shape index (κ3) is 1.65. The van der Waals surface area contributed by atoms with E-state index in [0.717, 1.165) is 0 Å². The molecule has 54 valence electrons. The highest BCUT2D eigenvalue weighted by Gasteiger charge is 1.94. The van der Waals surface area contributed by atoms with E-state index >= 15 is 0 Å². The molecule has 0 aliphatic rings. The molecule has 0 spiro atoms. The van der Waals surface area contributed by atoms with E-state index < -0.39 is 11.0 Å². The van der Waals surface area contributed by atoms with E-state index in [4.69, 9.17) is 10.6 Å². The number of rotatable bonds is 1. The molecule has 1 aromatic carbocycles. The van der Waals surface area contributed by atoms with Gasteiger partial charge in [-0.15, -0.1) is 0 Å². The first kappa shape index (κ1) is 3.64. The SMILES string of the molecule is [2H]c1c([2H])c([S@](N)=O)c([2H])c([2H])c1C. The molecular formula is C7H9NOS. The van der Waals surface area contributed by atoms with Gasteiger partial charge in [-0.05, 0) is 19.0 Å². The van der Waals surface area contributed by atoms with Crippen molar-refractivity contribution in [2.45, 2.75) is 11.8 Å². The second kappa shape index (κ2) is 2.94. The van der Waals surface area contributed by atoms with Crippen LogP contribution >= 0.6 is 0 Å². The van der Waals surface area contributed by atoms with Crippen molar-refractivity contribution in [1.82, 2.24) is 0 Å². The minimum Gasteiger partial charge on any atom is -0.248 e. The van der Waals surface area contributed by atoms with Gasteiger partial charge in [0.1, 0.15) is 11.0 Å². The molecule has 10 heavy (non-hydrogen) atoms. The number of nitrogens with two attached hydrogens (primary N) is 1. The van der Waals surface area contributed by atoms with Crippen LogP contribution in [-0.2, 0) is 11.0 Å². The van der Waals surface area contributed by atoms with Crippen LogP contribution in [0.4, 0.5) is 0 Å². The van der Waals surface area contributed by atoms with Crippen LogP contribution in [0, 0.1) is 6.92 Å². The Labute approximate surface area is 68.3 Å². The lowest BCUT2D eigenvalue weighted by Crippen LogP contribution is -2.01. The highest BCUT2D eigenvalue weighted by atomic mass is 32.2. The van der Waals surface area contributed by atoms with Crippen molar-refractivity contribution in [1.29, 1.82) is 0 Å². The number of benzene rings is 1. The topological polar surface area (TPSA) is 43.1 Å². The summed E-state index contributed by atoms with van der Waals surface area (Å²) in [5.41, 5.74) is 0.231. The Morgan fingerprint density at radius 1 is 1.50 bits per heavy atom. The molecule has 0 aromatic heterocycles. The predicted octanol–water partition coefficient (Wildman–Crippen LogP) is 0.976.